The monoisotopic (exact) mass is 321 g/mol. The fourth-order valence-corrected chi connectivity index (χ4v) is 1.66. The number of nitrogens with two attached hydrogens (primary N) is 1. The molecule has 0 radical (unpaired) electrons. The first kappa shape index (κ1) is 16.0. The lowest BCUT2D eigenvalue weighted by Crippen LogP contribution is -2.16. The molecule has 2 N–H and O–H groups in total. The molecule has 0 fully saturated rings. The van der Waals surface area contributed by atoms with Gasteiger partial charge in [-0.25, -0.2) is 13.6 Å². The molecule has 0 unspecified atom stereocenters. The van der Waals surface area contributed by atoms with Crippen molar-refractivity contribution in [1.29, 1.82) is 0 Å². The van der Waals surface area contributed by atoms with Crippen LogP contribution in [0.3, 0.4) is 0 Å². The molecule has 2 rings (SSSR count). The highest BCUT2D eigenvalue weighted by Crippen LogP contribution is 2.15. The molecule has 2 aromatic carbocycles. The van der Waals surface area contributed by atoms with E-state index in [2.05, 4.69) is 9.99 Å². The van der Waals surface area contributed by atoms with Crippen molar-refractivity contribution in [2.75, 3.05) is 0 Å². The van der Waals surface area contributed by atoms with Crippen LogP contribution in [-0.4, -0.2) is 16.7 Å². The molecule has 0 saturated heterocycles. The van der Waals surface area contributed by atoms with E-state index in [1.807, 2.05) is 0 Å². The Balaban J connectivity index is 2.21. The van der Waals surface area contributed by atoms with Crippen molar-refractivity contribution >= 4 is 17.5 Å². The summed E-state index contributed by atoms with van der Waals surface area (Å²) in [7, 11) is 0. The molecular weight excluding hydrogens is 312 g/mol. The summed E-state index contributed by atoms with van der Waals surface area (Å²) in [6.07, 6.45) is 0. The molecule has 2 aromatic rings. The lowest BCUT2D eigenvalue weighted by atomic mass is 10.2. The Morgan fingerprint density at radius 3 is 2.39 bits per heavy atom. The maximum atomic E-state index is 13.4. The van der Waals surface area contributed by atoms with Crippen LogP contribution >= 0.6 is 0 Å². The van der Waals surface area contributed by atoms with E-state index < -0.39 is 28.1 Å². The van der Waals surface area contributed by atoms with Gasteiger partial charge in [-0.1, -0.05) is 23.4 Å². The molecule has 0 atom stereocenters. The molecule has 0 heterocycles. The highest BCUT2D eigenvalue weighted by Gasteiger charge is 2.19. The SMILES string of the molecule is N/C(=N/OC(=O)c1c(F)cccc1F)c1cccc([N+](=O)[O-])c1. The number of carbonyl (C=O) groups is 1. The van der Waals surface area contributed by atoms with Crippen LogP contribution in [0.2, 0.25) is 0 Å². The summed E-state index contributed by atoms with van der Waals surface area (Å²) >= 11 is 0. The Hall–Kier alpha value is -3.36. The highest BCUT2D eigenvalue weighted by atomic mass is 19.1. The second-order valence-electron chi connectivity index (χ2n) is 4.26. The summed E-state index contributed by atoms with van der Waals surface area (Å²) in [5.41, 5.74) is 4.48. The van der Waals surface area contributed by atoms with E-state index in [4.69, 9.17) is 5.73 Å². The van der Waals surface area contributed by atoms with Crippen molar-refractivity contribution in [3.8, 4) is 0 Å². The zero-order chi connectivity index (χ0) is 17.0. The van der Waals surface area contributed by atoms with Crippen LogP contribution in [0.1, 0.15) is 15.9 Å². The molecule has 9 heteroatoms. The van der Waals surface area contributed by atoms with E-state index >= 15 is 0 Å². The van der Waals surface area contributed by atoms with Gasteiger partial charge in [0.1, 0.15) is 17.2 Å². The zero-order valence-electron chi connectivity index (χ0n) is 11.4. The standard InChI is InChI=1S/C14H9F2N3O4/c15-10-5-2-6-11(16)12(10)14(20)23-18-13(17)8-3-1-4-9(7-8)19(21)22/h1-7H,(H2,17,18). The summed E-state index contributed by atoms with van der Waals surface area (Å²) < 4.78 is 26.8. The molecule has 0 bridgehead atoms. The van der Waals surface area contributed by atoms with Gasteiger partial charge in [-0.15, -0.1) is 0 Å². The summed E-state index contributed by atoms with van der Waals surface area (Å²) in [6.45, 7) is 0. The first-order valence-corrected chi connectivity index (χ1v) is 6.14. The van der Waals surface area contributed by atoms with Gasteiger partial charge < -0.3 is 10.6 Å². The van der Waals surface area contributed by atoms with Crippen LogP contribution in [0.25, 0.3) is 0 Å². The lowest BCUT2D eigenvalue weighted by Gasteiger charge is -2.03. The number of carbonyl (C=O) groups excluding carboxylic acids is 1. The van der Waals surface area contributed by atoms with Crippen LogP contribution in [0, 0.1) is 21.7 Å². The first-order valence-electron chi connectivity index (χ1n) is 6.14. The Bertz CT molecular complexity index is 788. The van der Waals surface area contributed by atoms with Crippen molar-refractivity contribution in [3.05, 3.63) is 75.3 Å². The number of hydrogen-bond acceptors (Lipinski definition) is 5. The number of nitro benzene ring substituents is 1. The molecule has 118 valence electrons. The number of halogens is 2. The summed E-state index contributed by atoms with van der Waals surface area (Å²) in [5.74, 6) is -3.97. The number of nitrogens with zero attached hydrogens (tertiary/aromatic N) is 2. The maximum Gasteiger partial charge on any atom is 0.371 e. The van der Waals surface area contributed by atoms with Crippen molar-refractivity contribution in [3.63, 3.8) is 0 Å². The van der Waals surface area contributed by atoms with E-state index in [1.165, 1.54) is 18.2 Å². The van der Waals surface area contributed by atoms with Gasteiger partial charge in [-0.05, 0) is 12.1 Å². The van der Waals surface area contributed by atoms with Gasteiger partial charge in [-0.2, -0.15) is 0 Å². The Labute approximate surface area is 128 Å². The summed E-state index contributed by atoms with van der Waals surface area (Å²) in [4.78, 5) is 26.0. The number of rotatable bonds is 4. The first-order chi connectivity index (χ1) is 10.9. The van der Waals surface area contributed by atoms with Crippen LogP contribution in [0.15, 0.2) is 47.6 Å². The van der Waals surface area contributed by atoms with Gasteiger partial charge in [-0.3, -0.25) is 10.1 Å². The minimum Gasteiger partial charge on any atom is -0.380 e. The van der Waals surface area contributed by atoms with Crippen LogP contribution in [0.5, 0.6) is 0 Å². The van der Waals surface area contributed by atoms with Gasteiger partial charge in [0.25, 0.3) is 5.69 Å². The Kier molecular flexibility index (Phi) is 4.60. The van der Waals surface area contributed by atoms with E-state index in [9.17, 15) is 23.7 Å². The third-order valence-corrected chi connectivity index (χ3v) is 2.75. The van der Waals surface area contributed by atoms with Crippen LogP contribution in [-0.2, 0) is 4.84 Å². The molecule has 0 aliphatic rings. The van der Waals surface area contributed by atoms with Gasteiger partial charge in [0.05, 0.1) is 4.92 Å². The predicted octanol–water partition coefficient (Wildman–Crippen LogP) is 2.35. The van der Waals surface area contributed by atoms with Crippen molar-refractivity contribution in [2.24, 2.45) is 10.9 Å². The highest BCUT2D eigenvalue weighted by molar-refractivity contribution is 5.98. The topological polar surface area (TPSA) is 108 Å². The molecule has 0 aliphatic carbocycles. The third-order valence-electron chi connectivity index (χ3n) is 2.75. The van der Waals surface area contributed by atoms with E-state index in [-0.39, 0.29) is 17.1 Å². The van der Waals surface area contributed by atoms with Crippen LogP contribution in [0.4, 0.5) is 14.5 Å². The number of amidine groups is 1. The number of benzene rings is 2. The number of oxime groups is 1. The second-order valence-corrected chi connectivity index (χ2v) is 4.26. The minimum absolute atomic E-state index is 0.112. The minimum atomic E-state index is -1.38. The van der Waals surface area contributed by atoms with Gasteiger partial charge in [0, 0.05) is 17.7 Å². The zero-order valence-corrected chi connectivity index (χ0v) is 11.4. The summed E-state index contributed by atoms with van der Waals surface area (Å²) in [6, 6.07) is 7.94. The fraction of sp³-hybridized carbons (Fsp3) is 0. The third kappa shape index (κ3) is 3.64. The van der Waals surface area contributed by atoms with Gasteiger partial charge in [0.2, 0.25) is 0 Å². The van der Waals surface area contributed by atoms with E-state index in [0.29, 0.717) is 0 Å². The van der Waals surface area contributed by atoms with Gasteiger partial charge >= 0.3 is 5.97 Å². The maximum absolute atomic E-state index is 13.4. The van der Waals surface area contributed by atoms with Crippen LogP contribution < -0.4 is 5.73 Å². The quantitative estimate of drug-likeness (QED) is 0.306. The molecule has 0 saturated carbocycles. The molecule has 0 aromatic heterocycles. The number of nitro groups is 1. The van der Waals surface area contributed by atoms with E-state index in [0.717, 1.165) is 24.3 Å². The fourth-order valence-electron chi connectivity index (χ4n) is 1.66. The van der Waals surface area contributed by atoms with Gasteiger partial charge in [0.15, 0.2) is 5.84 Å². The predicted molar refractivity (Wildman–Crippen MR) is 75.6 cm³/mol. The average Bonchev–Trinajstić information content (AvgIpc) is 2.52. The molecule has 23 heavy (non-hydrogen) atoms. The smallest absolute Gasteiger partial charge is 0.371 e. The Morgan fingerprint density at radius 1 is 1.17 bits per heavy atom. The van der Waals surface area contributed by atoms with Crippen molar-refractivity contribution in [2.45, 2.75) is 0 Å². The lowest BCUT2D eigenvalue weighted by molar-refractivity contribution is -0.384. The van der Waals surface area contributed by atoms with Crippen molar-refractivity contribution < 1.29 is 23.3 Å². The van der Waals surface area contributed by atoms with E-state index in [1.54, 1.807) is 0 Å². The number of non-ortho nitro benzene ring substituents is 1. The molecule has 0 amide bonds. The average molecular weight is 321 g/mol. The number of hydrogen-bond donors (Lipinski definition) is 1. The molecule has 0 aliphatic heterocycles. The Morgan fingerprint density at radius 2 is 1.78 bits per heavy atom. The molecular formula is C14H9F2N3O4. The normalized spacial score (nSPS) is 11.1. The van der Waals surface area contributed by atoms with Crippen molar-refractivity contribution in [1.82, 2.24) is 0 Å². The largest absolute Gasteiger partial charge is 0.380 e. The molecule has 7 nitrogen and oxygen atoms in total. The summed E-state index contributed by atoms with van der Waals surface area (Å²) in [5, 5.41) is 13.9. The second kappa shape index (κ2) is 6.60. The molecule has 0 spiro atoms.